The van der Waals surface area contributed by atoms with Crippen LogP contribution in [-0.2, 0) is 36.7 Å². The van der Waals surface area contributed by atoms with Gasteiger partial charge >= 0.3 is 12.1 Å². The first kappa shape index (κ1) is 41.7. The number of amides is 4. The largest absolute Gasteiger partial charge is 0.465 e. The number of carbonyl (C=O) groups is 5. The van der Waals surface area contributed by atoms with Crippen molar-refractivity contribution < 1.29 is 33.4 Å². The highest BCUT2D eigenvalue weighted by Gasteiger charge is 2.47. The fraction of sp³-hybridized carbons (Fsp3) is 0.432. The molecule has 1 saturated heterocycles. The summed E-state index contributed by atoms with van der Waals surface area (Å²) in [5.74, 6) is 4.76. The molecule has 0 saturated carbocycles. The zero-order chi connectivity index (χ0) is 40.8. The number of hydrogen-bond acceptors (Lipinski definition) is 7. The van der Waals surface area contributed by atoms with E-state index < -0.39 is 49.8 Å². The van der Waals surface area contributed by atoms with E-state index >= 15 is 0 Å². The monoisotopic (exact) mass is 778 g/mol. The molecule has 0 unspecified atom stereocenters. The average Bonchev–Trinajstić information content (AvgIpc) is 3.51. The molecule has 1 aliphatic carbocycles. The maximum atomic E-state index is 14.7. The summed E-state index contributed by atoms with van der Waals surface area (Å²) in [6, 6.07) is 20.2. The summed E-state index contributed by atoms with van der Waals surface area (Å²) in [5.41, 5.74) is 4.28. The van der Waals surface area contributed by atoms with Gasteiger partial charge < -0.3 is 25.0 Å². The molecule has 4 amide bonds. The van der Waals surface area contributed by atoms with Crippen LogP contribution < -0.4 is 10.6 Å². The van der Waals surface area contributed by atoms with Gasteiger partial charge in [-0.2, -0.15) is 0 Å². The van der Waals surface area contributed by atoms with Crippen LogP contribution in [0.1, 0.15) is 84.8 Å². The van der Waals surface area contributed by atoms with Crippen molar-refractivity contribution in [3.8, 4) is 11.8 Å². The number of carbonyl (C=O) groups excluding carboxylic acids is 5. The van der Waals surface area contributed by atoms with E-state index in [0.29, 0.717) is 17.8 Å². The molecule has 1 fully saturated rings. The SMILES string of the molecule is COC(=O)c1ccc(C#Cc2ccc(C[C@H](NC(=O)[C@H](C)N(C)C(=O)OC(C)(C)C)C(=O)N3C[Si](C)(C)C[C@H]3C(=O)N[C@@H]3CCCc4ccccc43)cc2)cc1. The Morgan fingerprint density at radius 1 is 0.946 bits per heavy atom. The van der Waals surface area contributed by atoms with Crippen LogP contribution in [0.2, 0.25) is 19.1 Å². The van der Waals surface area contributed by atoms with Gasteiger partial charge in [-0.3, -0.25) is 19.3 Å². The van der Waals surface area contributed by atoms with Crippen molar-refractivity contribution in [2.75, 3.05) is 20.3 Å². The van der Waals surface area contributed by atoms with Gasteiger partial charge in [-0.25, -0.2) is 9.59 Å². The van der Waals surface area contributed by atoms with E-state index in [0.717, 1.165) is 41.5 Å². The average molecular weight is 779 g/mol. The zero-order valence-corrected chi connectivity index (χ0v) is 34.7. The third-order valence-corrected chi connectivity index (χ3v) is 13.0. The predicted octanol–water partition coefficient (Wildman–Crippen LogP) is 5.81. The number of nitrogens with zero attached hydrogens (tertiary/aromatic N) is 2. The van der Waals surface area contributed by atoms with Gasteiger partial charge in [0.1, 0.15) is 23.7 Å². The number of methoxy groups -OCH3 is 1. The Morgan fingerprint density at radius 3 is 2.20 bits per heavy atom. The van der Waals surface area contributed by atoms with Crippen molar-refractivity contribution in [1.82, 2.24) is 20.4 Å². The zero-order valence-electron chi connectivity index (χ0n) is 33.7. The molecule has 5 rings (SSSR count). The Kier molecular flexibility index (Phi) is 13.1. The number of likely N-dealkylation sites (N-methyl/N-ethyl adjacent to an activating group) is 1. The molecular formula is C44H54N4O7Si. The highest BCUT2D eigenvalue weighted by atomic mass is 28.3. The molecule has 0 bridgehead atoms. The fourth-order valence-electron chi connectivity index (χ4n) is 7.18. The molecule has 11 nitrogen and oxygen atoms in total. The van der Waals surface area contributed by atoms with Crippen molar-refractivity contribution in [2.45, 2.75) is 102 Å². The Balaban J connectivity index is 1.37. The first-order chi connectivity index (χ1) is 26.4. The van der Waals surface area contributed by atoms with E-state index in [1.807, 2.05) is 36.4 Å². The first-order valence-corrected chi connectivity index (χ1v) is 22.6. The summed E-state index contributed by atoms with van der Waals surface area (Å²) in [7, 11) is 0.804. The molecule has 296 valence electrons. The lowest BCUT2D eigenvalue weighted by Crippen LogP contribution is -2.57. The summed E-state index contributed by atoms with van der Waals surface area (Å²) >= 11 is 0. The number of fused-ring (bicyclic) bond motifs is 1. The minimum absolute atomic E-state index is 0.129. The minimum atomic E-state index is -2.02. The van der Waals surface area contributed by atoms with Gasteiger partial charge in [-0.15, -0.1) is 0 Å². The van der Waals surface area contributed by atoms with Crippen molar-refractivity contribution in [2.24, 2.45) is 0 Å². The van der Waals surface area contributed by atoms with E-state index in [9.17, 15) is 24.0 Å². The second kappa shape index (κ2) is 17.6. The maximum Gasteiger partial charge on any atom is 0.410 e. The molecule has 0 aromatic heterocycles. The Morgan fingerprint density at radius 2 is 1.57 bits per heavy atom. The molecule has 1 heterocycles. The number of benzene rings is 3. The number of nitrogens with one attached hydrogen (secondary N) is 2. The summed E-state index contributed by atoms with van der Waals surface area (Å²) in [6.45, 7) is 11.2. The van der Waals surface area contributed by atoms with Crippen molar-refractivity contribution in [3.63, 3.8) is 0 Å². The Hall–Kier alpha value is -5.41. The van der Waals surface area contributed by atoms with Crippen molar-refractivity contribution in [1.29, 1.82) is 0 Å². The van der Waals surface area contributed by atoms with Crippen molar-refractivity contribution >= 4 is 37.9 Å². The summed E-state index contributed by atoms with van der Waals surface area (Å²) < 4.78 is 10.2. The van der Waals surface area contributed by atoms with E-state index in [1.165, 1.54) is 24.6 Å². The van der Waals surface area contributed by atoms with Crippen LogP contribution >= 0.6 is 0 Å². The Labute approximate surface area is 331 Å². The predicted molar refractivity (Wildman–Crippen MR) is 217 cm³/mol. The minimum Gasteiger partial charge on any atom is -0.465 e. The number of esters is 1. The molecule has 2 aliphatic rings. The van der Waals surface area contributed by atoms with Gasteiger partial charge in [0, 0.05) is 30.8 Å². The molecule has 0 spiro atoms. The number of rotatable bonds is 9. The molecule has 3 aromatic rings. The highest BCUT2D eigenvalue weighted by molar-refractivity contribution is 6.79. The summed E-state index contributed by atoms with van der Waals surface area (Å²) in [5, 5.41) is 6.23. The molecule has 0 radical (unpaired) electrons. The topological polar surface area (TPSA) is 134 Å². The van der Waals surface area contributed by atoms with E-state index in [2.05, 4.69) is 47.7 Å². The highest BCUT2D eigenvalue weighted by Crippen LogP contribution is 2.32. The van der Waals surface area contributed by atoms with Crippen LogP contribution in [0, 0.1) is 11.8 Å². The van der Waals surface area contributed by atoms with Gasteiger partial charge in [0.15, 0.2) is 0 Å². The fourth-order valence-corrected chi connectivity index (χ4v) is 10.1. The van der Waals surface area contributed by atoms with Crippen LogP contribution in [0.25, 0.3) is 0 Å². The summed E-state index contributed by atoms with van der Waals surface area (Å²) in [4.78, 5) is 70.1. The molecule has 2 N–H and O–H groups in total. The Bertz CT molecular complexity index is 2000. The lowest BCUT2D eigenvalue weighted by Gasteiger charge is -2.33. The van der Waals surface area contributed by atoms with E-state index in [-0.39, 0.29) is 24.3 Å². The third kappa shape index (κ3) is 10.7. The van der Waals surface area contributed by atoms with Crippen LogP contribution in [0.4, 0.5) is 4.79 Å². The molecule has 3 aromatic carbocycles. The van der Waals surface area contributed by atoms with Crippen LogP contribution in [0.15, 0.2) is 72.8 Å². The van der Waals surface area contributed by atoms with Crippen LogP contribution in [-0.4, -0.2) is 91.7 Å². The standard InChI is InChI=1S/C44H54N4O7Si/c1-29(47(5)43(53)55-44(2,3)4)39(49)46-37(26-32-20-18-30(19-21-32)16-17-31-22-24-34(25-23-31)42(52)54-6)41(51)48-28-56(7,8)27-38(48)40(50)45-36-15-11-13-33-12-9-10-14-35(33)36/h9-10,12,14,18-25,29,36-38H,11,13,15,26-28H2,1-8H3,(H,45,50)(H,46,49)/t29-,36+,37-,38-/m0/s1. The molecule has 56 heavy (non-hydrogen) atoms. The second-order valence-corrected chi connectivity index (χ2v) is 21.6. The van der Waals surface area contributed by atoms with Gasteiger partial charge in [0.2, 0.25) is 17.7 Å². The second-order valence-electron chi connectivity index (χ2n) is 16.6. The van der Waals surface area contributed by atoms with Gasteiger partial charge in [-0.05, 0) is 106 Å². The quantitative estimate of drug-likeness (QED) is 0.159. The molecule has 12 heteroatoms. The number of hydrogen-bond donors (Lipinski definition) is 2. The lowest BCUT2D eigenvalue weighted by molar-refractivity contribution is -0.141. The number of ether oxygens (including phenoxy) is 2. The van der Waals surface area contributed by atoms with Crippen LogP contribution in [0.3, 0.4) is 0 Å². The van der Waals surface area contributed by atoms with Crippen molar-refractivity contribution in [3.05, 3.63) is 106 Å². The summed E-state index contributed by atoms with van der Waals surface area (Å²) in [6.07, 6.45) is 2.73. The van der Waals surface area contributed by atoms with E-state index in [1.54, 1.807) is 56.9 Å². The molecule has 4 atom stereocenters. The number of aryl methyl sites for hydroxylation is 1. The normalized spacial score (nSPS) is 18.2. The smallest absolute Gasteiger partial charge is 0.410 e. The van der Waals surface area contributed by atoms with Crippen LogP contribution in [0.5, 0.6) is 0 Å². The van der Waals surface area contributed by atoms with Gasteiger partial charge in [0.05, 0.1) is 26.8 Å². The lowest BCUT2D eigenvalue weighted by atomic mass is 9.87. The molecular weight excluding hydrogens is 725 g/mol. The first-order valence-electron chi connectivity index (χ1n) is 19.2. The molecule has 1 aliphatic heterocycles. The van der Waals surface area contributed by atoms with E-state index in [4.69, 9.17) is 9.47 Å². The maximum absolute atomic E-state index is 14.7. The third-order valence-electron chi connectivity index (χ3n) is 10.3. The van der Waals surface area contributed by atoms with Gasteiger partial charge in [0.25, 0.3) is 0 Å². The van der Waals surface area contributed by atoms with Gasteiger partial charge in [-0.1, -0.05) is 61.3 Å².